The summed E-state index contributed by atoms with van der Waals surface area (Å²) in [5.74, 6) is 0.626. The summed E-state index contributed by atoms with van der Waals surface area (Å²) in [6.45, 7) is 8.15. The van der Waals surface area contributed by atoms with Crippen molar-refractivity contribution in [1.29, 1.82) is 0 Å². The molecule has 7 rings (SSSR count). The number of aliphatic hydroxyl groups is 1. The lowest BCUT2D eigenvalue weighted by atomic mass is 9.82. The van der Waals surface area contributed by atoms with Crippen LogP contribution in [-0.2, 0) is 32.9 Å². The average molecular weight is 666 g/mol. The van der Waals surface area contributed by atoms with Gasteiger partial charge in [0.25, 0.3) is 5.91 Å². The summed E-state index contributed by atoms with van der Waals surface area (Å²) < 4.78 is 14.6. The van der Waals surface area contributed by atoms with Gasteiger partial charge in [0.15, 0.2) is 5.60 Å². The van der Waals surface area contributed by atoms with Crippen molar-refractivity contribution in [3.8, 4) is 5.75 Å². The minimum absolute atomic E-state index is 0.0125. The zero-order valence-electron chi connectivity index (χ0n) is 28.0. The summed E-state index contributed by atoms with van der Waals surface area (Å²) in [7, 11) is -0.671. The summed E-state index contributed by atoms with van der Waals surface area (Å²) >= 11 is 0. The predicted octanol–water partition coefficient (Wildman–Crippen LogP) is 4.93. The number of carbonyl (C=O) groups is 2. The van der Waals surface area contributed by atoms with Gasteiger partial charge in [-0.2, -0.15) is 0 Å². The van der Waals surface area contributed by atoms with E-state index in [0.717, 1.165) is 40.5 Å². The number of aryl methyl sites for hydroxylation is 1. The Morgan fingerprint density at radius 1 is 1.04 bits per heavy atom. The van der Waals surface area contributed by atoms with E-state index in [2.05, 4.69) is 42.5 Å². The lowest BCUT2D eigenvalue weighted by Crippen LogP contribution is -2.51. The van der Waals surface area contributed by atoms with Crippen LogP contribution in [0.3, 0.4) is 0 Å². The van der Waals surface area contributed by atoms with Crippen LogP contribution < -0.4 is 19.7 Å². The summed E-state index contributed by atoms with van der Waals surface area (Å²) in [5, 5.41) is 19.2. The molecule has 0 radical (unpaired) electrons. The molecule has 0 aliphatic carbocycles. The number of nitrogens with zero attached hydrogens (tertiary/aromatic N) is 5. The highest BCUT2D eigenvalue weighted by Gasteiger charge is 2.66. The Balaban J connectivity index is 1.35. The Kier molecular flexibility index (Phi) is 8.47. The highest BCUT2D eigenvalue weighted by atomic mass is 28.3. The molecule has 1 aromatic heterocycles. The van der Waals surface area contributed by atoms with Crippen LogP contribution in [0.1, 0.15) is 37.4 Å². The molecule has 2 amide bonds. The lowest BCUT2D eigenvalue weighted by Gasteiger charge is -2.37. The van der Waals surface area contributed by atoms with Gasteiger partial charge in [0.2, 0.25) is 5.91 Å². The van der Waals surface area contributed by atoms with E-state index in [9.17, 15) is 9.90 Å². The van der Waals surface area contributed by atoms with Gasteiger partial charge in [-0.1, -0.05) is 60.7 Å². The maximum Gasteiger partial charge on any atom is 0.268 e. The predicted molar refractivity (Wildman–Crippen MR) is 187 cm³/mol. The van der Waals surface area contributed by atoms with Crippen LogP contribution in [0.2, 0.25) is 18.6 Å². The first-order valence-electron chi connectivity index (χ1n) is 16.9. The Hall–Kier alpha value is -4.32. The minimum atomic E-state index is -2.34. The van der Waals surface area contributed by atoms with Crippen molar-refractivity contribution >= 4 is 42.1 Å². The molecule has 11 heteroatoms. The molecular weight excluding hydrogens is 623 g/mol. The van der Waals surface area contributed by atoms with Crippen LogP contribution in [0.4, 0.5) is 17.1 Å². The number of hydrogen-bond donors (Lipinski definition) is 1. The topological polar surface area (TPSA) is 110 Å². The first-order chi connectivity index (χ1) is 23.2. The van der Waals surface area contributed by atoms with Crippen LogP contribution in [0, 0.1) is 5.92 Å². The van der Waals surface area contributed by atoms with Gasteiger partial charge in [-0.3, -0.25) is 19.2 Å². The molecule has 3 aromatic carbocycles. The van der Waals surface area contributed by atoms with Gasteiger partial charge in [-0.25, -0.2) is 0 Å². The van der Waals surface area contributed by atoms with Crippen molar-refractivity contribution in [2.45, 2.75) is 69.5 Å². The molecule has 0 bridgehead atoms. The number of fused-ring (bicyclic) bond motifs is 2. The fraction of sp³-hybridized carbons (Fsp3) is 0.405. The number of rotatable bonds is 10. The van der Waals surface area contributed by atoms with Gasteiger partial charge in [-0.15, -0.1) is 5.10 Å². The van der Waals surface area contributed by atoms with Crippen molar-refractivity contribution in [3.63, 3.8) is 0 Å². The van der Waals surface area contributed by atoms with Crippen molar-refractivity contribution in [2.24, 2.45) is 5.92 Å². The molecule has 2 fully saturated rings. The Morgan fingerprint density at radius 2 is 1.81 bits per heavy atom. The zero-order valence-corrected chi connectivity index (χ0v) is 29.0. The second kappa shape index (κ2) is 12.6. The van der Waals surface area contributed by atoms with Crippen LogP contribution in [0.25, 0.3) is 0 Å². The van der Waals surface area contributed by atoms with E-state index < -0.39 is 13.7 Å². The largest absolute Gasteiger partial charge is 0.497 e. The van der Waals surface area contributed by atoms with Gasteiger partial charge in [0.1, 0.15) is 5.75 Å². The van der Waals surface area contributed by atoms with Gasteiger partial charge in [0.05, 0.1) is 32.7 Å². The molecule has 1 N–H and O–H groups in total. The summed E-state index contributed by atoms with van der Waals surface area (Å²) in [5.41, 5.74) is 2.74. The maximum atomic E-state index is 15.1. The molecule has 4 aromatic rings. The number of para-hydroxylation sites is 1. The fourth-order valence-electron chi connectivity index (χ4n) is 8.36. The smallest absolute Gasteiger partial charge is 0.268 e. The van der Waals surface area contributed by atoms with E-state index in [1.807, 2.05) is 71.8 Å². The normalized spacial score (nSPS) is 23.8. The van der Waals surface area contributed by atoms with Crippen LogP contribution >= 0.6 is 0 Å². The molecule has 3 aliphatic heterocycles. The van der Waals surface area contributed by atoms with E-state index in [1.54, 1.807) is 16.7 Å². The molecular formula is C37H43N5O5Si. The van der Waals surface area contributed by atoms with E-state index in [-0.39, 0.29) is 36.0 Å². The number of carbonyl (C=O) groups excluding carboxylic acids is 2. The van der Waals surface area contributed by atoms with Gasteiger partial charge in [-0.05, 0) is 60.8 Å². The van der Waals surface area contributed by atoms with Crippen molar-refractivity contribution in [2.75, 3.05) is 30.1 Å². The van der Waals surface area contributed by atoms with Gasteiger partial charge < -0.3 is 19.5 Å². The average Bonchev–Trinajstić information content (AvgIpc) is 3.86. The zero-order chi connectivity index (χ0) is 33.6. The number of aliphatic hydroxyl groups excluding tert-OH is 1. The third kappa shape index (κ3) is 5.24. The van der Waals surface area contributed by atoms with Crippen LogP contribution in [0.5, 0.6) is 5.75 Å². The second-order valence-electron chi connectivity index (χ2n) is 13.7. The van der Waals surface area contributed by atoms with E-state index in [0.29, 0.717) is 32.4 Å². The number of benzene rings is 3. The third-order valence-electron chi connectivity index (χ3n) is 10.7. The molecule has 4 atom stereocenters. The highest BCUT2D eigenvalue weighted by Crippen LogP contribution is 2.61. The number of amides is 2. The third-order valence-corrected chi connectivity index (χ3v) is 15.1. The Morgan fingerprint density at radius 3 is 2.50 bits per heavy atom. The highest BCUT2D eigenvalue weighted by molar-refractivity contribution is 6.91. The molecule has 48 heavy (non-hydrogen) atoms. The summed E-state index contributed by atoms with van der Waals surface area (Å²) in [6.07, 6.45) is 4.03. The first-order valence-corrected chi connectivity index (χ1v) is 19.9. The van der Waals surface area contributed by atoms with Crippen molar-refractivity contribution < 1.29 is 24.2 Å². The lowest BCUT2D eigenvalue weighted by molar-refractivity contribution is -0.145. The van der Waals surface area contributed by atoms with E-state index in [1.165, 1.54) is 5.19 Å². The fourth-order valence-corrected chi connectivity index (χ4v) is 12.4. The van der Waals surface area contributed by atoms with Gasteiger partial charge in [0, 0.05) is 61.6 Å². The van der Waals surface area contributed by atoms with Crippen molar-refractivity contribution in [3.05, 3.63) is 90.3 Å². The number of anilines is 3. The molecule has 250 valence electrons. The summed E-state index contributed by atoms with van der Waals surface area (Å²) in [4.78, 5) is 31.7. The SMILES string of the molecule is COc1ccc([Si](C)(C)[C@@H]2[C@@H](CCn3cc(CCO)nn3)O[C@]3(C(=O)N(c4ccccc4)c4ccc(N5CCCC5=O)cc43)[C@H]2C)cc1. The molecule has 4 heterocycles. The first kappa shape index (κ1) is 32.2. The van der Waals surface area contributed by atoms with E-state index in [4.69, 9.17) is 9.47 Å². The summed E-state index contributed by atoms with van der Waals surface area (Å²) in [6, 6.07) is 24.1. The molecule has 0 saturated carbocycles. The quantitative estimate of drug-likeness (QED) is 0.239. The van der Waals surface area contributed by atoms with Gasteiger partial charge >= 0.3 is 0 Å². The molecule has 1 spiro atoms. The number of aromatic nitrogens is 3. The number of ether oxygens (including phenoxy) is 2. The van der Waals surface area contributed by atoms with E-state index >= 15 is 4.79 Å². The molecule has 2 saturated heterocycles. The van der Waals surface area contributed by atoms with Crippen LogP contribution in [-0.4, -0.2) is 66.4 Å². The van der Waals surface area contributed by atoms with Crippen LogP contribution in [0.15, 0.2) is 79.0 Å². The molecule has 3 aliphatic rings. The van der Waals surface area contributed by atoms with Crippen molar-refractivity contribution in [1.82, 2.24) is 15.0 Å². The monoisotopic (exact) mass is 665 g/mol. The standard InChI is InChI=1S/C37H43N5O5Si/c1-25-35(48(3,4)30-15-13-29(46-2)14-16-30)33(18-21-40-24-26(19-22-43)38-39-40)47-37(25)31-23-28(41-20-8-11-34(41)44)12-17-32(31)42(36(37)45)27-9-6-5-7-10-27/h5-7,9-10,12-17,23-25,33,35,43H,8,11,18-22H2,1-4H3/t25-,33+,35-,37+/m0/s1. The molecule has 0 unspecified atom stereocenters. The maximum absolute atomic E-state index is 15.1. The second-order valence-corrected chi connectivity index (χ2v) is 18.4. The molecule has 10 nitrogen and oxygen atoms in total. The Bertz CT molecular complexity index is 1810. The number of hydrogen-bond acceptors (Lipinski definition) is 7. The minimum Gasteiger partial charge on any atom is -0.497 e. The number of methoxy groups -OCH3 is 1. The Labute approximate surface area is 282 Å².